The van der Waals surface area contributed by atoms with Crippen LogP contribution in [0.5, 0.6) is 0 Å². The highest BCUT2D eigenvalue weighted by Crippen LogP contribution is 2.33. The van der Waals surface area contributed by atoms with Crippen molar-refractivity contribution < 1.29 is 43.5 Å². The molecule has 2 aliphatic heterocycles. The maximum absolute atomic E-state index is 13.1. The van der Waals surface area contributed by atoms with E-state index in [2.05, 4.69) is 15.5 Å². The molecule has 0 bridgehead atoms. The number of aromatic nitrogens is 2. The molecule has 0 aromatic carbocycles. The number of carbonyl (C=O) groups is 4. The van der Waals surface area contributed by atoms with Crippen molar-refractivity contribution >= 4 is 63.2 Å². The van der Waals surface area contributed by atoms with Crippen molar-refractivity contribution in [3.63, 3.8) is 0 Å². The van der Waals surface area contributed by atoms with E-state index >= 15 is 0 Å². The van der Waals surface area contributed by atoms with Crippen LogP contribution in [-0.2, 0) is 35.3 Å². The van der Waals surface area contributed by atoms with Gasteiger partial charge < -0.3 is 36.6 Å². The molecule has 15 nitrogen and oxygen atoms in total. The normalized spacial score (nSPS) is 19.9. The second-order valence-corrected chi connectivity index (χ2v) is 9.75. The van der Waals surface area contributed by atoms with Gasteiger partial charge >= 0.3 is 11.9 Å². The standard InChI is InChI=1S/C21H20ClN7O8S/c1-8(19(32)33)37-27-12(11-15(22)38-21(24)26-11)16(30)25-13-17(31)29-14(20(34)35)9(7-36-18(13)29)6-28-4-2-10(23)3-5-28/h2-5,8,13,18,23H,6-7H2,1H3,(H5,24,25,26,30,32,33,34,35)/p+1/t8-,13+,18+/m0/s1. The number of nitrogen functional groups attached to an aromatic ring is 2. The van der Waals surface area contributed by atoms with E-state index in [9.17, 15) is 24.3 Å². The van der Waals surface area contributed by atoms with Crippen LogP contribution in [0.1, 0.15) is 12.6 Å². The first-order valence-corrected chi connectivity index (χ1v) is 12.0. The van der Waals surface area contributed by atoms with Crippen LogP contribution in [0.3, 0.4) is 0 Å². The molecule has 1 saturated heterocycles. The minimum atomic E-state index is -1.42. The molecule has 1 fully saturated rings. The third-order valence-corrected chi connectivity index (χ3v) is 6.60. The van der Waals surface area contributed by atoms with E-state index < -0.39 is 47.8 Å². The summed E-state index contributed by atoms with van der Waals surface area (Å²) in [5, 5.41) is 24.9. The van der Waals surface area contributed by atoms with E-state index in [4.69, 9.17) is 37.7 Å². The van der Waals surface area contributed by atoms with Gasteiger partial charge in [0.25, 0.3) is 11.8 Å². The molecule has 0 unspecified atom stereocenters. The minimum Gasteiger partial charge on any atom is -0.478 e. The fraction of sp³-hybridized carbons (Fsp3) is 0.286. The number of hydrogen-bond donors (Lipinski definition) is 5. The number of rotatable bonds is 9. The van der Waals surface area contributed by atoms with Crippen LogP contribution in [0.15, 0.2) is 41.0 Å². The smallest absolute Gasteiger partial charge is 0.352 e. The molecule has 0 spiro atoms. The Morgan fingerprint density at radius 2 is 2.05 bits per heavy atom. The molecule has 2 aromatic rings. The van der Waals surface area contributed by atoms with Gasteiger partial charge in [-0.25, -0.2) is 19.1 Å². The number of halogens is 1. The van der Waals surface area contributed by atoms with E-state index in [1.807, 2.05) is 0 Å². The molecule has 7 N–H and O–H groups in total. The summed E-state index contributed by atoms with van der Waals surface area (Å²) in [5.41, 5.74) is 11.2. The summed E-state index contributed by atoms with van der Waals surface area (Å²) in [6.45, 7) is 1.17. The van der Waals surface area contributed by atoms with Gasteiger partial charge in [-0.3, -0.25) is 14.5 Å². The van der Waals surface area contributed by atoms with Crippen LogP contribution in [-0.4, -0.2) is 74.5 Å². The van der Waals surface area contributed by atoms with Gasteiger partial charge in [-0.15, -0.1) is 0 Å². The van der Waals surface area contributed by atoms with Gasteiger partial charge in [0.05, 0.1) is 12.2 Å². The SMILES string of the molecule is C[C@H](ON=C(C(=O)N[C@@H]1C(=O)N2C(C(=O)O)=C(C[n+]3ccc(N)cc3)CO[C@H]12)c1nc(N)sc1Cl)C(=O)O. The summed E-state index contributed by atoms with van der Waals surface area (Å²) in [7, 11) is 0. The average Bonchev–Trinajstić information content (AvgIpc) is 3.20. The zero-order valence-electron chi connectivity index (χ0n) is 19.5. The van der Waals surface area contributed by atoms with Gasteiger partial charge in [-0.1, -0.05) is 28.1 Å². The van der Waals surface area contributed by atoms with Gasteiger partial charge in [0, 0.05) is 17.8 Å². The van der Waals surface area contributed by atoms with Crippen molar-refractivity contribution in [2.75, 3.05) is 18.1 Å². The quantitative estimate of drug-likeness (QED) is 0.109. The largest absolute Gasteiger partial charge is 0.478 e. The van der Waals surface area contributed by atoms with Gasteiger partial charge in [-0.2, -0.15) is 0 Å². The van der Waals surface area contributed by atoms with Crippen LogP contribution < -0.4 is 21.4 Å². The molecule has 4 rings (SSSR count). The number of ether oxygens (including phenoxy) is 1. The summed E-state index contributed by atoms with van der Waals surface area (Å²) in [4.78, 5) is 58.9. The first kappa shape index (κ1) is 26.8. The molecular formula is C21H21ClN7O8S+. The number of oxime groups is 1. The van der Waals surface area contributed by atoms with E-state index in [1.54, 1.807) is 29.1 Å². The predicted molar refractivity (Wildman–Crippen MR) is 130 cm³/mol. The molecule has 2 amide bonds. The Balaban J connectivity index is 1.56. The van der Waals surface area contributed by atoms with E-state index in [1.165, 1.54) is 6.92 Å². The number of aliphatic carboxylic acids is 2. The Morgan fingerprint density at radius 1 is 1.37 bits per heavy atom. The molecule has 4 heterocycles. The Bertz CT molecular complexity index is 1380. The first-order valence-electron chi connectivity index (χ1n) is 10.8. The second kappa shape index (κ2) is 10.6. The van der Waals surface area contributed by atoms with Crippen molar-refractivity contribution in [2.45, 2.75) is 31.8 Å². The topological polar surface area (TPSA) is 224 Å². The number of pyridine rings is 1. The van der Waals surface area contributed by atoms with Gasteiger partial charge in [-0.05, 0) is 6.92 Å². The molecule has 0 aliphatic carbocycles. The van der Waals surface area contributed by atoms with E-state index in [-0.39, 0.29) is 34.0 Å². The van der Waals surface area contributed by atoms with Crippen molar-refractivity contribution in [3.05, 3.63) is 45.8 Å². The number of thiazole rings is 1. The fourth-order valence-electron chi connectivity index (χ4n) is 3.64. The number of hydrogen-bond acceptors (Lipinski definition) is 11. The van der Waals surface area contributed by atoms with Crippen molar-refractivity contribution in [1.29, 1.82) is 0 Å². The monoisotopic (exact) mass is 566 g/mol. The summed E-state index contributed by atoms with van der Waals surface area (Å²) in [6, 6.07) is 1.99. The van der Waals surface area contributed by atoms with Crippen molar-refractivity contribution in [3.8, 4) is 0 Å². The van der Waals surface area contributed by atoms with Crippen molar-refractivity contribution in [1.82, 2.24) is 15.2 Å². The Kier molecular flexibility index (Phi) is 7.47. The van der Waals surface area contributed by atoms with E-state index in [0.29, 0.717) is 11.3 Å². The minimum absolute atomic E-state index is 0.000955. The number of β-lactam (4-membered cyclic amide) rings is 1. The molecule has 0 radical (unpaired) electrons. The first-order chi connectivity index (χ1) is 18.0. The third kappa shape index (κ3) is 5.22. The summed E-state index contributed by atoms with van der Waals surface area (Å²) in [6.07, 6.45) is 0.767. The summed E-state index contributed by atoms with van der Waals surface area (Å²) in [5.74, 6) is -4.44. The molecule has 3 atom stereocenters. The van der Waals surface area contributed by atoms with E-state index in [0.717, 1.165) is 16.2 Å². The number of amides is 2. The number of nitrogens with one attached hydrogen (secondary N) is 1. The lowest BCUT2D eigenvalue weighted by Crippen LogP contribution is -2.73. The van der Waals surface area contributed by atoms with Crippen LogP contribution in [0.2, 0.25) is 4.34 Å². The molecule has 2 aliphatic rings. The molecule has 2 aromatic heterocycles. The zero-order chi connectivity index (χ0) is 27.7. The van der Waals surface area contributed by atoms with Gasteiger partial charge in [0.15, 0.2) is 42.1 Å². The summed E-state index contributed by atoms with van der Waals surface area (Å²) < 4.78 is 7.36. The number of nitrogens with zero attached hydrogens (tertiary/aromatic N) is 4. The highest BCUT2D eigenvalue weighted by atomic mass is 35.5. The van der Waals surface area contributed by atoms with Crippen LogP contribution >= 0.6 is 22.9 Å². The maximum atomic E-state index is 13.1. The lowest BCUT2D eigenvalue weighted by atomic mass is 9.98. The Morgan fingerprint density at radius 3 is 2.63 bits per heavy atom. The molecular weight excluding hydrogens is 546 g/mol. The molecule has 0 saturated carbocycles. The Labute approximate surface area is 222 Å². The number of carboxylic acid groups (broad SMARTS) is 2. The molecule has 200 valence electrons. The fourth-order valence-corrected chi connectivity index (χ4v) is 4.57. The van der Waals surface area contributed by atoms with Gasteiger partial charge in [0.1, 0.15) is 15.7 Å². The lowest BCUT2D eigenvalue weighted by molar-refractivity contribution is -0.689. The lowest BCUT2D eigenvalue weighted by Gasteiger charge is -2.48. The number of nitrogens with two attached hydrogens (primary N) is 2. The number of carboxylic acids is 2. The Hall–Kier alpha value is -4.28. The predicted octanol–water partition coefficient (Wildman–Crippen LogP) is -0.836. The molecule has 17 heteroatoms. The number of fused-ring (bicyclic) bond motifs is 1. The second-order valence-electron chi connectivity index (χ2n) is 8.12. The molecule has 38 heavy (non-hydrogen) atoms. The van der Waals surface area contributed by atoms with Crippen LogP contribution in [0.25, 0.3) is 0 Å². The third-order valence-electron chi connectivity index (χ3n) is 5.52. The highest BCUT2D eigenvalue weighted by Gasteiger charge is 2.55. The summed E-state index contributed by atoms with van der Waals surface area (Å²) >= 11 is 6.93. The maximum Gasteiger partial charge on any atom is 0.352 e. The highest BCUT2D eigenvalue weighted by molar-refractivity contribution is 7.19. The number of anilines is 2. The van der Waals surface area contributed by atoms with Crippen LogP contribution in [0.4, 0.5) is 10.8 Å². The van der Waals surface area contributed by atoms with Crippen molar-refractivity contribution in [2.24, 2.45) is 5.16 Å². The van der Waals surface area contributed by atoms with Crippen LogP contribution in [0, 0.1) is 0 Å². The number of carbonyl (C=O) groups excluding carboxylic acids is 2. The average molecular weight is 567 g/mol. The zero-order valence-corrected chi connectivity index (χ0v) is 21.1. The van der Waals surface area contributed by atoms with Gasteiger partial charge in [0.2, 0.25) is 6.10 Å².